The number of aromatic nitrogens is 1. The monoisotopic (exact) mass is 293 g/mol. The molecule has 0 fully saturated rings. The van der Waals surface area contributed by atoms with Crippen LogP contribution in [0.5, 0.6) is 0 Å². The molecule has 0 radical (unpaired) electrons. The summed E-state index contributed by atoms with van der Waals surface area (Å²) in [6.07, 6.45) is 0. The molecule has 0 saturated heterocycles. The summed E-state index contributed by atoms with van der Waals surface area (Å²) in [6.45, 7) is 3.55. The summed E-state index contributed by atoms with van der Waals surface area (Å²) in [5.74, 6) is 1.06. The predicted octanol–water partition coefficient (Wildman–Crippen LogP) is 3.35. The second kappa shape index (κ2) is 6.93. The van der Waals surface area contributed by atoms with Crippen LogP contribution in [0.15, 0.2) is 34.0 Å². The molecular weight excluding hydrogens is 274 g/mol. The molecule has 1 aromatic heterocycles. The van der Waals surface area contributed by atoms with Crippen LogP contribution in [-0.4, -0.2) is 17.8 Å². The lowest BCUT2D eigenvalue weighted by molar-refractivity contribution is 0.873. The van der Waals surface area contributed by atoms with Gasteiger partial charge in [0.2, 0.25) is 0 Å². The average molecular weight is 293 g/mol. The molecule has 5 heteroatoms. The molecule has 0 aliphatic carbocycles. The fraction of sp³-hybridized carbons (Fsp3) is 0.357. The molecule has 0 aliphatic heterocycles. The van der Waals surface area contributed by atoms with Crippen LogP contribution in [0.3, 0.4) is 0 Å². The molecule has 0 spiro atoms. The lowest BCUT2D eigenvalue weighted by Gasteiger charge is -2.23. The third-order valence-electron chi connectivity index (χ3n) is 2.91. The van der Waals surface area contributed by atoms with E-state index in [0.717, 1.165) is 18.0 Å². The first-order valence-corrected chi connectivity index (χ1v) is 8.22. The second-order valence-electron chi connectivity index (χ2n) is 4.23. The zero-order valence-corrected chi connectivity index (χ0v) is 12.9. The molecule has 19 heavy (non-hydrogen) atoms. The molecule has 0 unspecified atom stereocenters. The Labute approximate surface area is 122 Å². The standard InChI is InChI=1S/C14H19N3S2/c1-3-19-14-6-4-5-13(12(14)7-15)17(2)8-11-9-18-10-16-11/h4-6,9-10H,3,7-8,15H2,1-2H3. The highest BCUT2D eigenvalue weighted by atomic mass is 32.2. The van der Waals surface area contributed by atoms with Crippen LogP contribution in [0.4, 0.5) is 5.69 Å². The molecule has 0 amide bonds. The molecule has 1 heterocycles. The Morgan fingerprint density at radius 1 is 1.42 bits per heavy atom. The molecular formula is C14H19N3S2. The molecule has 2 aromatic rings. The van der Waals surface area contributed by atoms with E-state index in [0.29, 0.717) is 6.54 Å². The van der Waals surface area contributed by atoms with Crippen LogP contribution in [0.25, 0.3) is 0 Å². The van der Waals surface area contributed by atoms with Crippen molar-refractivity contribution in [2.45, 2.75) is 24.9 Å². The van der Waals surface area contributed by atoms with E-state index in [-0.39, 0.29) is 0 Å². The number of nitrogens with zero attached hydrogens (tertiary/aromatic N) is 2. The summed E-state index contributed by atoms with van der Waals surface area (Å²) >= 11 is 3.48. The summed E-state index contributed by atoms with van der Waals surface area (Å²) in [4.78, 5) is 7.84. The van der Waals surface area contributed by atoms with Gasteiger partial charge in [0.25, 0.3) is 0 Å². The molecule has 102 valence electrons. The van der Waals surface area contributed by atoms with Gasteiger partial charge >= 0.3 is 0 Å². The van der Waals surface area contributed by atoms with E-state index >= 15 is 0 Å². The fourth-order valence-corrected chi connectivity index (χ4v) is 3.45. The number of rotatable bonds is 6. The van der Waals surface area contributed by atoms with Gasteiger partial charge in [-0.25, -0.2) is 4.98 Å². The maximum absolute atomic E-state index is 5.94. The molecule has 2 N–H and O–H groups in total. The Morgan fingerprint density at radius 2 is 2.26 bits per heavy atom. The first kappa shape index (κ1) is 14.4. The Balaban J connectivity index is 2.25. The maximum Gasteiger partial charge on any atom is 0.0795 e. The molecule has 3 nitrogen and oxygen atoms in total. The summed E-state index contributed by atoms with van der Waals surface area (Å²) in [6, 6.07) is 6.38. The van der Waals surface area contributed by atoms with Crippen LogP contribution >= 0.6 is 23.1 Å². The molecule has 0 saturated carbocycles. The summed E-state index contributed by atoms with van der Waals surface area (Å²) in [5, 5.41) is 2.09. The van der Waals surface area contributed by atoms with Gasteiger partial charge in [0.05, 0.1) is 17.7 Å². The van der Waals surface area contributed by atoms with Crippen molar-refractivity contribution in [3.63, 3.8) is 0 Å². The van der Waals surface area contributed by atoms with Crippen LogP contribution < -0.4 is 10.6 Å². The lowest BCUT2D eigenvalue weighted by Crippen LogP contribution is -2.19. The quantitative estimate of drug-likeness (QED) is 0.829. The van der Waals surface area contributed by atoms with Gasteiger partial charge in [-0.1, -0.05) is 13.0 Å². The Morgan fingerprint density at radius 3 is 2.89 bits per heavy atom. The number of hydrogen-bond donors (Lipinski definition) is 1. The zero-order valence-electron chi connectivity index (χ0n) is 11.3. The SMILES string of the molecule is CCSc1cccc(N(C)Cc2cscn2)c1CN. The summed E-state index contributed by atoms with van der Waals surface area (Å²) < 4.78 is 0. The third-order valence-corrected chi connectivity index (χ3v) is 4.52. The average Bonchev–Trinajstić information content (AvgIpc) is 2.91. The minimum absolute atomic E-state index is 0.569. The van der Waals surface area contributed by atoms with Crippen molar-refractivity contribution in [2.75, 3.05) is 17.7 Å². The van der Waals surface area contributed by atoms with Gasteiger partial charge in [-0.3, -0.25) is 0 Å². The predicted molar refractivity (Wildman–Crippen MR) is 85.0 cm³/mol. The third kappa shape index (κ3) is 3.49. The van der Waals surface area contributed by atoms with Crippen molar-refractivity contribution in [3.8, 4) is 0 Å². The normalized spacial score (nSPS) is 10.7. The van der Waals surface area contributed by atoms with Crippen molar-refractivity contribution < 1.29 is 0 Å². The topological polar surface area (TPSA) is 42.2 Å². The van der Waals surface area contributed by atoms with Crippen LogP contribution in [0.2, 0.25) is 0 Å². The lowest BCUT2D eigenvalue weighted by atomic mass is 10.1. The van der Waals surface area contributed by atoms with Gasteiger partial charge in [-0.2, -0.15) is 0 Å². The first-order chi connectivity index (χ1) is 9.26. The van der Waals surface area contributed by atoms with Crippen molar-refractivity contribution in [3.05, 3.63) is 40.3 Å². The molecule has 0 bridgehead atoms. The minimum atomic E-state index is 0.569. The number of nitrogens with two attached hydrogens (primary N) is 1. The van der Waals surface area contributed by atoms with E-state index < -0.39 is 0 Å². The molecule has 0 aliphatic rings. The number of thiazole rings is 1. The molecule has 1 aromatic carbocycles. The highest BCUT2D eigenvalue weighted by molar-refractivity contribution is 7.99. The van der Waals surface area contributed by atoms with E-state index in [1.54, 1.807) is 11.3 Å². The van der Waals surface area contributed by atoms with Gasteiger partial charge in [-0.15, -0.1) is 23.1 Å². The van der Waals surface area contributed by atoms with Crippen LogP contribution in [-0.2, 0) is 13.1 Å². The highest BCUT2D eigenvalue weighted by Gasteiger charge is 2.11. The largest absolute Gasteiger partial charge is 0.368 e. The first-order valence-electron chi connectivity index (χ1n) is 6.29. The van der Waals surface area contributed by atoms with Crippen molar-refractivity contribution in [1.29, 1.82) is 0 Å². The van der Waals surface area contributed by atoms with Crippen LogP contribution in [0.1, 0.15) is 18.2 Å². The number of hydrogen-bond acceptors (Lipinski definition) is 5. The number of anilines is 1. The number of benzene rings is 1. The van der Waals surface area contributed by atoms with Crippen molar-refractivity contribution in [2.24, 2.45) is 5.73 Å². The van der Waals surface area contributed by atoms with E-state index in [1.807, 2.05) is 17.3 Å². The van der Waals surface area contributed by atoms with Crippen molar-refractivity contribution in [1.82, 2.24) is 4.98 Å². The fourth-order valence-electron chi connectivity index (χ4n) is 2.05. The Hall–Kier alpha value is -1.04. The molecule has 0 atom stereocenters. The molecule has 2 rings (SSSR count). The second-order valence-corrected chi connectivity index (χ2v) is 6.25. The smallest absolute Gasteiger partial charge is 0.0795 e. The summed E-state index contributed by atoms with van der Waals surface area (Å²) in [7, 11) is 2.09. The van der Waals surface area contributed by atoms with Crippen molar-refractivity contribution >= 4 is 28.8 Å². The Bertz CT molecular complexity index is 511. The summed E-state index contributed by atoms with van der Waals surface area (Å²) in [5.41, 5.74) is 11.3. The van der Waals surface area contributed by atoms with E-state index in [9.17, 15) is 0 Å². The Kier molecular flexibility index (Phi) is 5.24. The van der Waals surface area contributed by atoms with E-state index in [1.165, 1.54) is 16.1 Å². The van der Waals surface area contributed by atoms with Crippen LogP contribution in [0, 0.1) is 0 Å². The minimum Gasteiger partial charge on any atom is -0.368 e. The highest BCUT2D eigenvalue weighted by Crippen LogP contribution is 2.30. The van der Waals surface area contributed by atoms with Gasteiger partial charge in [-0.05, 0) is 17.9 Å². The van der Waals surface area contributed by atoms with Gasteiger partial charge < -0.3 is 10.6 Å². The maximum atomic E-state index is 5.94. The number of thioether (sulfide) groups is 1. The van der Waals surface area contributed by atoms with Gasteiger partial charge in [0.1, 0.15) is 0 Å². The van der Waals surface area contributed by atoms with E-state index in [4.69, 9.17) is 5.73 Å². The zero-order chi connectivity index (χ0) is 13.7. The van der Waals surface area contributed by atoms with E-state index in [2.05, 4.69) is 47.4 Å². The van der Waals surface area contributed by atoms with Gasteiger partial charge in [0, 0.05) is 35.1 Å². The van der Waals surface area contributed by atoms with Gasteiger partial charge in [0.15, 0.2) is 0 Å².